The second kappa shape index (κ2) is 6.53. The first-order chi connectivity index (χ1) is 9.04. The highest BCUT2D eigenvalue weighted by atomic mass is 15.2. The third-order valence-corrected chi connectivity index (χ3v) is 4.02. The van der Waals surface area contributed by atoms with E-state index in [0.717, 1.165) is 24.9 Å². The minimum Gasteiger partial charge on any atom is -0.337 e. The van der Waals surface area contributed by atoms with Crippen LogP contribution in [0.25, 0.3) is 0 Å². The van der Waals surface area contributed by atoms with Gasteiger partial charge in [0.15, 0.2) is 0 Å². The van der Waals surface area contributed by atoms with Crippen molar-refractivity contribution in [1.82, 2.24) is 19.8 Å². The van der Waals surface area contributed by atoms with Gasteiger partial charge in [0.2, 0.25) is 0 Å². The normalized spacial score (nSPS) is 26.5. The second-order valence-corrected chi connectivity index (χ2v) is 6.44. The molecule has 19 heavy (non-hydrogen) atoms. The fourth-order valence-corrected chi connectivity index (χ4v) is 3.23. The van der Waals surface area contributed by atoms with Crippen molar-refractivity contribution in [3.63, 3.8) is 0 Å². The van der Waals surface area contributed by atoms with Crippen LogP contribution in [0.4, 0.5) is 0 Å². The highest BCUT2D eigenvalue weighted by Gasteiger charge is 2.22. The Labute approximate surface area is 117 Å². The molecule has 1 aromatic rings. The summed E-state index contributed by atoms with van der Waals surface area (Å²) in [6.45, 7) is 11.6. The molecule has 1 N–H and O–H groups in total. The number of likely N-dealkylation sites (tertiary alicyclic amines) is 1. The maximum absolute atomic E-state index is 4.15. The first-order valence-electron chi connectivity index (χ1n) is 7.45. The van der Waals surface area contributed by atoms with Gasteiger partial charge in [-0.25, -0.2) is 4.98 Å². The monoisotopic (exact) mass is 264 g/mol. The number of nitrogens with one attached hydrogen (secondary N) is 1. The van der Waals surface area contributed by atoms with Crippen LogP contribution < -0.4 is 5.32 Å². The lowest BCUT2D eigenvalue weighted by Crippen LogP contribution is -2.45. The zero-order valence-electron chi connectivity index (χ0n) is 12.8. The molecule has 1 fully saturated rings. The molecule has 0 spiro atoms. The number of hydrogen-bond donors (Lipinski definition) is 1. The fourth-order valence-electron chi connectivity index (χ4n) is 3.23. The number of aromatic nitrogens is 2. The predicted molar refractivity (Wildman–Crippen MR) is 78.9 cm³/mol. The molecule has 3 atom stereocenters. The van der Waals surface area contributed by atoms with Crippen LogP contribution in [0.2, 0.25) is 0 Å². The molecule has 4 heteroatoms. The zero-order chi connectivity index (χ0) is 13.8. The first kappa shape index (κ1) is 14.5. The van der Waals surface area contributed by atoms with Crippen LogP contribution in [0.5, 0.6) is 0 Å². The van der Waals surface area contributed by atoms with Gasteiger partial charge in [0.25, 0.3) is 0 Å². The Kier molecular flexibility index (Phi) is 4.99. The smallest absolute Gasteiger partial charge is 0.0945 e. The van der Waals surface area contributed by atoms with Crippen LogP contribution in [0.3, 0.4) is 0 Å². The summed E-state index contributed by atoms with van der Waals surface area (Å²) in [5, 5.41) is 3.60. The summed E-state index contributed by atoms with van der Waals surface area (Å²) >= 11 is 0. The molecule has 0 unspecified atom stereocenters. The van der Waals surface area contributed by atoms with Crippen molar-refractivity contribution >= 4 is 0 Å². The average Bonchev–Trinajstić information content (AvgIpc) is 2.71. The van der Waals surface area contributed by atoms with Crippen molar-refractivity contribution in [2.24, 2.45) is 18.9 Å². The molecular weight excluding hydrogens is 236 g/mol. The molecule has 1 saturated heterocycles. The SMILES string of the molecule is C[C@@H]1C[C@H](C)CN(C[C@H](C)NCc2cncn2C)C1. The Hall–Kier alpha value is -0.870. The third kappa shape index (κ3) is 4.32. The van der Waals surface area contributed by atoms with Gasteiger partial charge < -0.3 is 14.8 Å². The first-order valence-corrected chi connectivity index (χ1v) is 7.45. The lowest BCUT2D eigenvalue weighted by atomic mass is 9.92. The van der Waals surface area contributed by atoms with Crippen molar-refractivity contribution in [2.45, 2.75) is 39.8 Å². The Bertz CT molecular complexity index is 377. The van der Waals surface area contributed by atoms with E-state index in [2.05, 4.69) is 40.5 Å². The summed E-state index contributed by atoms with van der Waals surface area (Å²) in [5.74, 6) is 1.68. The standard InChI is InChI=1S/C15H28N4/c1-12-5-13(2)9-19(8-12)10-14(3)17-7-15-6-16-11-18(15)4/h6,11-14,17H,5,7-10H2,1-4H3/t12-,13+,14-/m0/s1. The number of aryl methyl sites for hydroxylation is 1. The lowest BCUT2D eigenvalue weighted by molar-refractivity contribution is 0.130. The average molecular weight is 264 g/mol. The largest absolute Gasteiger partial charge is 0.337 e. The van der Waals surface area contributed by atoms with Gasteiger partial charge in [-0.15, -0.1) is 0 Å². The topological polar surface area (TPSA) is 33.1 Å². The molecule has 0 aromatic carbocycles. The van der Waals surface area contributed by atoms with Crippen LogP contribution in [0, 0.1) is 11.8 Å². The van der Waals surface area contributed by atoms with Crippen molar-refractivity contribution in [3.8, 4) is 0 Å². The molecule has 0 aliphatic carbocycles. The molecule has 0 radical (unpaired) electrons. The van der Waals surface area contributed by atoms with Crippen LogP contribution in [0.15, 0.2) is 12.5 Å². The highest BCUT2D eigenvalue weighted by molar-refractivity contribution is 4.97. The number of nitrogens with zero attached hydrogens (tertiary/aromatic N) is 3. The van der Waals surface area contributed by atoms with E-state index in [1.165, 1.54) is 25.2 Å². The molecule has 4 nitrogen and oxygen atoms in total. The minimum atomic E-state index is 0.521. The quantitative estimate of drug-likeness (QED) is 0.881. The molecular formula is C15H28N4. The van der Waals surface area contributed by atoms with E-state index in [9.17, 15) is 0 Å². The molecule has 2 rings (SSSR count). The van der Waals surface area contributed by atoms with E-state index in [0.29, 0.717) is 6.04 Å². The summed E-state index contributed by atoms with van der Waals surface area (Å²) in [5.41, 5.74) is 1.24. The van der Waals surface area contributed by atoms with E-state index in [1.54, 1.807) is 0 Å². The van der Waals surface area contributed by atoms with Gasteiger partial charge in [-0.3, -0.25) is 0 Å². The van der Waals surface area contributed by atoms with Gasteiger partial charge in [0.1, 0.15) is 0 Å². The molecule has 0 amide bonds. The summed E-state index contributed by atoms with van der Waals surface area (Å²) in [7, 11) is 2.04. The van der Waals surface area contributed by atoms with Crippen LogP contribution in [-0.2, 0) is 13.6 Å². The minimum absolute atomic E-state index is 0.521. The van der Waals surface area contributed by atoms with Crippen LogP contribution >= 0.6 is 0 Å². The van der Waals surface area contributed by atoms with E-state index < -0.39 is 0 Å². The number of piperidine rings is 1. The lowest BCUT2D eigenvalue weighted by Gasteiger charge is -2.36. The van der Waals surface area contributed by atoms with E-state index in [4.69, 9.17) is 0 Å². The number of rotatable bonds is 5. The number of imidazole rings is 1. The maximum Gasteiger partial charge on any atom is 0.0945 e. The van der Waals surface area contributed by atoms with Crippen molar-refractivity contribution in [2.75, 3.05) is 19.6 Å². The van der Waals surface area contributed by atoms with Crippen molar-refractivity contribution in [3.05, 3.63) is 18.2 Å². The van der Waals surface area contributed by atoms with Gasteiger partial charge in [-0.05, 0) is 25.2 Å². The predicted octanol–water partition coefficient (Wildman–Crippen LogP) is 1.88. The molecule has 0 bridgehead atoms. The van der Waals surface area contributed by atoms with Crippen molar-refractivity contribution < 1.29 is 0 Å². The van der Waals surface area contributed by atoms with Gasteiger partial charge in [0, 0.05) is 45.5 Å². The van der Waals surface area contributed by atoms with E-state index >= 15 is 0 Å². The van der Waals surface area contributed by atoms with Gasteiger partial charge in [0.05, 0.1) is 12.0 Å². The number of hydrogen-bond acceptors (Lipinski definition) is 3. The molecule has 2 heterocycles. The van der Waals surface area contributed by atoms with E-state index in [1.807, 2.05) is 19.6 Å². The Balaban J connectivity index is 1.75. The summed E-state index contributed by atoms with van der Waals surface area (Å²) in [6, 6.07) is 0.521. The van der Waals surface area contributed by atoms with Gasteiger partial charge >= 0.3 is 0 Å². The molecule has 1 aliphatic heterocycles. The zero-order valence-corrected chi connectivity index (χ0v) is 12.8. The Morgan fingerprint density at radius 3 is 2.63 bits per heavy atom. The maximum atomic E-state index is 4.15. The van der Waals surface area contributed by atoms with Crippen molar-refractivity contribution in [1.29, 1.82) is 0 Å². The molecule has 108 valence electrons. The van der Waals surface area contributed by atoms with E-state index in [-0.39, 0.29) is 0 Å². The Morgan fingerprint density at radius 1 is 1.37 bits per heavy atom. The molecule has 0 saturated carbocycles. The van der Waals surface area contributed by atoms with Gasteiger partial charge in [-0.2, -0.15) is 0 Å². The summed E-state index contributed by atoms with van der Waals surface area (Å²) < 4.78 is 2.07. The Morgan fingerprint density at radius 2 is 2.05 bits per heavy atom. The summed E-state index contributed by atoms with van der Waals surface area (Å²) in [4.78, 5) is 6.76. The van der Waals surface area contributed by atoms with Crippen LogP contribution in [-0.4, -0.2) is 40.1 Å². The van der Waals surface area contributed by atoms with Gasteiger partial charge in [-0.1, -0.05) is 13.8 Å². The fraction of sp³-hybridized carbons (Fsp3) is 0.800. The van der Waals surface area contributed by atoms with Crippen LogP contribution in [0.1, 0.15) is 32.9 Å². The third-order valence-electron chi connectivity index (χ3n) is 4.02. The summed E-state index contributed by atoms with van der Waals surface area (Å²) in [6.07, 6.45) is 5.17. The highest BCUT2D eigenvalue weighted by Crippen LogP contribution is 2.20. The molecule has 1 aliphatic rings. The second-order valence-electron chi connectivity index (χ2n) is 6.44. The molecule has 1 aromatic heterocycles.